The number of nitrogens with one attached hydrogen (secondary N) is 3. The van der Waals surface area contributed by atoms with Gasteiger partial charge in [-0.05, 0) is 24.5 Å². The SMILES string of the molecule is C[C@@H]1CCC[C@H](NC(=O)O)C(=O)NCc2ccccc2NC1=O. The predicted octanol–water partition coefficient (Wildman–Crippen LogP) is 1.70. The molecule has 1 aromatic carbocycles. The Kier molecular flexibility index (Phi) is 5.56. The molecule has 124 valence electrons. The highest BCUT2D eigenvalue weighted by Crippen LogP contribution is 2.19. The number of amides is 3. The molecule has 1 heterocycles. The van der Waals surface area contributed by atoms with Crippen LogP contribution >= 0.6 is 0 Å². The molecule has 4 N–H and O–H groups in total. The quantitative estimate of drug-likeness (QED) is 0.632. The lowest BCUT2D eigenvalue weighted by atomic mass is 9.99. The van der Waals surface area contributed by atoms with Crippen LogP contribution in [0.3, 0.4) is 0 Å². The van der Waals surface area contributed by atoms with Gasteiger partial charge in [-0.25, -0.2) is 4.79 Å². The zero-order valence-electron chi connectivity index (χ0n) is 13.0. The molecule has 0 radical (unpaired) electrons. The van der Waals surface area contributed by atoms with Crippen LogP contribution in [0.4, 0.5) is 10.5 Å². The molecule has 3 amide bonds. The van der Waals surface area contributed by atoms with Crippen LogP contribution in [-0.4, -0.2) is 29.1 Å². The summed E-state index contributed by atoms with van der Waals surface area (Å²) in [6.45, 7) is 2.05. The Morgan fingerprint density at radius 2 is 1.96 bits per heavy atom. The van der Waals surface area contributed by atoms with Crippen molar-refractivity contribution < 1.29 is 19.5 Å². The molecule has 0 spiro atoms. The zero-order chi connectivity index (χ0) is 16.8. The molecule has 0 fully saturated rings. The third-order valence-corrected chi connectivity index (χ3v) is 3.92. The fraction of sp³-hybridized carbons (Fsp3) is 0.438. The van der Waals surface area contributed by atoms with Crippen LogP contribution < -0.4 is 16.0 Å². The van der Waals surface area contributed by atoms with Gasteiger partial charge in [-0.3, -0.25) is 9.59 Å². The van der Waals surface area contributed by atoms with Gasteiger partial charge in [-0.1, -0.05) is 31.5 Å². The highest BCUT2D eigenvalue weighted by Gasteiger charge is 2.23. The summed E-state index contributed by atoms with van der Waals surface area (Å²) in [5.41, 5.74) is 1.43. The van der Waals surface area contributed by atoms with E-state index < -0.39 is 12.1 Å². The average Bonchev–Trinajstić information content (AvgIpc) is 2.51. The van der Waals surface area contributed by atoms with Crippen LogP contribution in [0, 0.1) is 5.92 Å². The summed E-state index contributed by atoms with van der Waals surface area (Å²) in [7, 11) is 0. The van der Waals surface area contributed by atoms with E-state index in [0.717, 1.165) is 5.56 Å². The minimum atomic E-state index is -1.23. The Morgan fingerprint density at radius 3 is 2.70 bits per heavy atom. The van der Waals surface area contributed by atoms with Crippen molar-refractivity contribution in [2.45, 2.75) is 38.8 Å². The second-order valence-electron chi connectivity index (χ2n) is 5.70. The predicted molar refractivity (Wildman–Crippen MR) is 84.9 cm³/mol. The first-order valence-electron chi connectivity index (χ1n) is 7.63. The van der Waals surface area contributed by atoms with Crippen molar-refractivity contribution in [3.05, 3.63) is 29.8 Å². The van der Waals surface area contributed by atoms with E-state index in [1.165, 1.54) is 0 Å². The number of carbonyl (C=O) groups is 3. The van der Waals surface area contributed by atoms with Crippen LogP contribution in [0.5, 0.6) is 0 Å². The molecule has 0 saturated heterocycles. The lowest BCUT2D eigenvalue weighted by Gasteiger charge is -2.21. The number of carbonyl (C=O) groups excluding carboxylic acids is 2. The van der Waals surface area contributed by atoms with Gasteiger partial charge in [0, 0.05) is 18.2 Å². The monoisotopic (exact) mass is 319 g/mol. The molecule has 7 nitrogen and oxygen atoms in total. The molecule has 0 aromatic heterocycles. The normalized spacial score (nSPS) is 22.7. The first kappa shape index (κ1) is 16.8. The van der Waals surface area contributed by atoms with Gasteiger partial charge < -0.3 is 21.1 Å². The molecule has 0 bridgehead atoms. The summed E-state index contributed by atoms with van der Waals surface area (Å²) < 4.78 is 0. The van der Waals surface area contributed by atoms with Crippen molar-refractivity contribution in [2.75, 3.05) is 5.32 Å². The number of benzene rings is 1. The molecular formula is C16H21N3O4. The maximum Gasteiger partial charge on any atom is 0.405 e. The lowest BCUT2D eigenvalue weighted by Crippen LogP contribution is -2.46. The maximum atomic E-state index is 12.2. The second kappa shape index (κ2) is 7.62. The topological polar surface area (TPSA) is 108 Å². The third-order valence-electron chi connectivity index (χ3n) is 3.92. The van der Waals surface area contributed by atoms with E-state index in [9.17, 15) is 14.4 Å². The van der Waals surface area contributed by atoms with Crippen LogP contribution in [0.15, 0.2) is 24.3 Å². The number of carboxylic acid groups (broad SMARTS) is 1. The van der Waals surface area contributed by atoms with Gasteiger partial charge in [-0.15, -0.1) is 0 Å². The second-order valence-corrected chi connectivity index (χ2v) is 5.70. The van der Waals surface area contributed by atoms with Crippen LogP contribution in [0.2, 0.25) is 0 Å². The Morgan fingerprint density at radius 1 is 1.22 bits per heavy atom. The Bertz CT molecular complexity index is 603. The first-order chi connectivity index (χ1) is 11.0. The minimum absolute atomic E-state index is 0.0768. The Balaban J connectivity index is 2.22. The minimum Gasteiger partial charge on any atom is -0.465 e. The molecular weight excluding hydrogens is 298 g/mol. The van der Waals surface area contributed by atoms with Gasteiger partial charge in [-0.2, -0.15) is 0 Å². The van der Waals surface area contributed by atoms with E-state index in [1.807, 2.05) is 25.1 Å². The van der Waals surface area contributed by atoms with Crippen LogP contribution in [-0.2, 0) is 16.1 Å². The largest absolute Gasteiger partial charge is 0.465 e. The van der Waals surface area contributed by atoms with Crippen molar-refractivity contribution in [1.82, 2.24) is 10.6 Å². The molecule has 2 atom stereocenters. The summed E-state index contributed by atoms with van der Waals surface area (Å²) >= 11 is 0. The molecule has 0 saturated carbocycles. The van der Waals surface area contributed by atoms with E-state index in [1.54, 1.807) is 6.07 Å². The Labute approximate surface area is 134 Å². The van der Waals surface area contributed by atoms with Crippen molar-refractivity contribution >= 4 is 23.6 Å². The molecule has 7 heteroatoms. The summed E-state index contributed by atoms with van der Waals surface area (Å²) in [4.78, 5) is 35.3. The highest BCUT2D eigenvalue weighted by atomic mass is 16.4. The number of hydrogen-bond acceptors (Lipinski definition) is 3. The van der Waals surface area contributed by atoms with Gasteiger partial charge in [0.1, 0.15) is 6.04 Å². The van der Waals surface area contributed by atoms with E-state index in [4.69, 9.17) is 5.11 Å². The van der Waals surface area contributed by atoms with Gasteiger partial charge in [0.25, 0.3) is 0 Å². The smallest absolute Gasteiger partial charge is 0.405 e. The van der Waals surface area contributed by atoms with Crippen molar-refractivity contribution in [1.29, 1.82) is 0 Å². The van der Waals surface area contributed by atoms with Gasteiger partial charge in [0.2, 0.25) is 11.8 Å². The third kappa shape index (κ3) is 4.70. The summed E-state index contributed by atoms with van der Waals surface area (Å²) in [6, 6.07) is 6.41. The van der Waals surface area contributed by atoms with Gasteiger partial charge in [0.05, 0.1) is 0 Å². The van der Waals surface area contributed by atoms with E-state index in [0.29, 0.717) is 24.9 Å². The Hall–Kier alpha value is -2.57. The van der Waals surface area contributed by atoms with E-state index >= 15 is 0 Å². The van der Waals surface area contributed by atoms with Crippen molar-refractivity contribution in [3.63, 3.8) is 0 Å². The standard InChI is InChI=1S/C16H21N3O4/c1-10-5-4-8-13(19-16(22)23)15(21)17-9-11-6-2-3-7-12(11)18-14(10)20/h2-3,6-7,10,13,19H,4-5,8-9H2,1H3,(H,17,21)(H,18,20)(H,22,23)/t10-,13+/m1/s1. The number of rotatable bonds is 1. The van der Waals surface area contributed by atoms with Crippen LogP contribution in [0.1, 0.15) is 31.7 Å². The number of hydrogen-bond donors (Lipinski definition) is 4. The van der Waals surface area contributed by atoms with Crippen LogP contribution in [0.25, 0.3) is 0 Å². The molecule has 1 aliphatic heterocycles. The van der Waals surface area contributed by atoms with Crippen molar-refractivity contribution in [2.24, 2.45) is 5.92 Å². The van der Waals surface area contributed by atoms with E-state index in [2.05, 4.69) is 16.0 Å². The number of anilines is 1. The fourth-order valence-electron chi connectivity index (χ4n) is 2.53. The molecule has 1 aromatic rings. The first-order valence-corrected chi connectivity index (χ1v) is 7.63. The van der Waals surface area contributed by atoms with Gasteiger partial charge in [0.15, 0.2) is 0 Å². The molecule has 0 unspecified atom stereocenters. The number of para-hydroxylation sites is 1. The summed E-state index contributed by atoms with van der Waals surface area (Å²) in [6.07, 6.45) is 0.286. The fourth-order valence-corrected chi connectivity index (χ4v) is 2.53. The summed E-state index contributed by atoms with van der Waals surface area (Å²) in [5, 5.41) is 16.7. The molecule has 1 aliphatic rings. The molecule has 2 rings (SSSR count). The van der Waals surface area contributed by atoms with Gasteiger partial charge >= 0.3 is 6.09 Å². The average molecular weight is 319 g/mol. The summed E-state index contributed by atoms with van der Waals surface area (Å²) in [5.74, 6) is -0.648. The maximum absolute atomic E-state index is 12.2. The highest BCUT2D eigenvalue weighted by molar-refractivity contribution is 5.93. The lowest BCUT2D eigenvalue weighted by molar-refractivity contribution is -0.123. The number of fused-ring (bicyclic) bond motifs is 1. The molecule has 0 aliphatic carbocycles. The van der Waals surface area contributed by atoms with Crippen molar-refractivity contribution in [3.8, 4) is 0 Å². The van der Waals surface area contributed by atoms with E-state index in [-0.39, 0.29) is 24.3 Å². The molecule has 23 heavy (non-hydrogen) atoms. The zero-order valence-corrected chi connectivity index (χ0v) is 13.0.